The van der Waals surface area contributed by atoms with Crippen molar-refractivity contribution in [1.29, 1.82) is 0 Å². The van der Waals surface area contributed by atoms with Gasteiger partial charge in [-0.15, -0.1) is 0 Å². The molecule has 3 heterocycles. The molecule has 0 amide bonds. The van der Waals surface area contributed by atoms with Gasteiger partial charge in [0.25, 0.3) is 0 Å². The van der Waals surface area contributed by atoms with Gasteiger partial charge >= 0.3 is 0 Å². The van der Waals surface area contributed by atoms with E-state index in [1.165, 1.54) is 0 Å². The molecule has 1 saturated heterocycles. The second-order valence-corrected chi connectivity index (χ2v) is 4.69. The van der Waals surface area contributed by atoms with Gasteiger partial charge in [0.15, 0.2) is 17.2 Å². The summed E-state index contributed by atoms with van der Waals surface area (Å²) in [6.07, 6.45) is 3.06. The van der Waals surface area contributed by atoms with E-state index in [2.05, 4.69) is 21.9 Å². The first-order valence-corrected chi connectivity index (χ1v) is 6.43. The zero-order chi connectivity index (χ0) is 12.5. The van der Waals surface area contributed by atoms with Gasteiger partial charge in [0.05, 0.1) is 7.11 Å². The van der Waals surface area contributed by atoms with E-state index in [1.54, 1.807) is 7.11 Å². The Morgan fingerprint density at radius 3 is 3.11 bits per heavy atom. The van der Waals surface area contributed by atoms with Gasteiger partial charge in [-0.2, -0.15) is 5.10 Å². The van der Waals surface area contributed by atoms with Gasteiger partial charge in [-0.05, 0) is 31.6 Å². The molecule has 1 aliphatic heterocycles. The van der Waals surface area contributed by atoms with E-state index in [0.717, 1.165) is 43.3 Å². The highest BCUT2D eigenvalue weighted by Gasteiger charge is 2.26. The van der Waals surface area contributed by atoms with E-state index in [0.29, 0.717) is 5.92 Å². The number of hydrogen-bond acceptors (Lipinski definition) is 4. The van der Waals surface area contributed by atoms with Crippen LogP contribution in [0.3, 0.4) is 0 Å². The highest BCUT2D eigenvalue weighted by molar-refractivity contribution is 5.52. The average molecular weight is 246 g/mol. The van der Waals surface area contributed by atoms with Crippen LogP contribution < -0.4 is 4.74 Å². The van der Waals surface area contributed by atoms with E-state index in [4.69, 9.17) is 4.74 Å². The number of hydrogen-bond donors (Lipinski definition) is 0. The molecule has 1 unspecified atom stereocenters. The SMILES string of the molecule is CCN1CCC(c2nc3c(OC)cccn3n2)C1. The van der Waals surface area contributed by atoms with Gasteiger partial charge in [-0.3, -0.25) is 0 Å². The molecule has 0 spiro atoms. The third kappa shape index (κ3) is 1.84. The normalized spacial score (nSPS) is 20.7. The molecule has 5 nitrogen and oxygen atoms in total. The molecule has 1 fully saturated rings. The van der Waals surface area contributed by atoms with Crippen molar-refractivity contribution in [3.63, 3.8) is 0 Å². The highest BCUT2D eigenvalue weighted by Crippen LogP contribution is 2.26. The van der Waals surface area contributed by atoms with Crippen molar-refractivity contribution >= 4 is 5.65 Å². The van der Waals surface area contributed by atoms with Crippen molar-refractivity contribution in [2.45, 2.75) is 19.3 Å². The topological polar surface area (TPSA) is 42.7 Å². The monoisotopic (exact) mass is 246 g/mol. The summed E-state index contributed by atoms with van der Waals surface area (Å²) in [5, 5.41) is 4.57. The first-order chi connectivity index (χ1) is 8.81. The molecule has 96 valence electrons. The number of pyridine rings is 1. The Kier molecular flexibility index (Phi) is 2.91. The maximum atomic E-state index is 5.31. The van der Waals surface area contributed by atoms with Crippen molar-refractivity contribution < 1.29 is 4.74 Å². The van der Waals surface area contributed by atoms with Gasteiger partial charge in [-0.25, -0.2) is 9.50 Å². The second kappa shape index (κ2) is 4.57. The van der Waals surface area contributed by atoms with Crippen molar-refractivity contribution in [1.82, 2.24) is 19.5 Å². The van der Waals surface area contributed by atoms with E-state index < -0.39 is 0 Å². The molecular formula is C13H18N4O. The summed E-state index contributed by atoms with van der Waals surface area (Å²) in [4.78, 5) is 7.07. The summed E-state index contributed by atoms with van der Waals surface area (Å²) in [5.41, 5.74) is 0.810. The first-order valence-electron chi connectivity index (χ1n) is 6.43. The standard InChI is InChI=1S/C13H18N4O/c1-3-16-8-6-10(9-16)12-14-13-11(18-2)5-4-7-17(13)15-12/h4-5,7,10H,3,6,8-9H2,1-2H3. The van der Waals surface area contributed by atoms with Crippen molar-refractivity contribution in [2.24, 2.45) is 0 Å². The molecule has 2 aromatic rings. The van der Waals surface area contributed by atoms with Crippen LogP contribution in [0, 0.1) is 0 Å². The van der Waals surface area contributed by atoms with Crippen LogP contribution in [0.1, 0.15) is 25.1 Å². The lowest BCUT2D eigenvalue weighted by atomic mass is 10.1. The molecule has 2 aromatic heterocycles. The lowest BCUT2D eigenvalue weighted by Gasteiger charge is -2.10. The van der Waals surface area contributed by atoms with Crippen LogP contribution in [0.15, 0.2) is 18.3 Å². The molecule has 0 aromatic carbocycles. The van der Waals surface area contributed by atoms with Gasteiger partial charge in [-0.1, -0.05) is 6.92 Å². The molecule has 3 rings (SSSR count). The number of methoxy groups -OCH3 is 1. The summed E-state index contributed by atoms with van der Waals surface area (Å²) >= 11 is 0. The Labute approximate surface area is 106 Å². The minimum absolute atomic E-state index is 0.453. The Hall–Kier alpha value is -1.62. The first kappa shape index (κ1) is 11.5. The predicted octanol–water partition coefficient (Wildman–Crippen LogP) is 1.55. The fraction of sp³-hybridized carbons (Fsp3) is 0.538. The molecule has 0 aliphatic carbocycles. The van der Waals surface area contributed by atoms with Crippen LogP contribution in [0.5, 0.6) is 5.75 Å². The Morgan fingerprint density at radius 1 is 1.50 bits per heavy atom. The predicted molar refractivity (Wildman–Crippen MR) is 69.0 cm³/mol. The quantitative estimate of drug-likeness (QED) is 0.824. The molecule has 18 heavy (non-hydrogen) atoms. The fourth-order valence-corrected chi connectivity index (χ4v) is 2.56. The molecule has 0 bridgehead atoms. The molecule has 1 atom stereocenters. The second-order valence-electron chi connectivity index (χ2n) is 4.69. The molecule has 0 saturated carbocycles. The zero-order valence-electron chi connectivity index (χ0n) is 10.8. The van der Waals surface area contributed by atoms with Crippen LogP contribution in [0.2, 0.25) is 0 Å². The third-order valence-corrected chi connectivity index (χ3v) is 3.65. The average Bonchev–Trinajstić information content (AvgIpc) is 3.03. The van der Waals surface area contributed by atoms with Gasteiger partial charge in [0, 0.05) is 18.7 Å². The Morgan fingerprint density at radius 2 is 2.39 bits per heavy atom. The molecule has 0 N–H and O–H groups in total. The maximum Gasteiger partial charge on any atom is 0.198 e. The summed E-state index contributed by atoms with van der Waals surface area (Å²) in [6.45, 7) is 5.51. The van der Waals surface area contributed by atoms with Crippen LogP contribution in [-0.2, 0) is 0 Å². The number of ether oxygens (including phenoxy) is 1. The minimum atomic E-state index is 0.453. The van der Waals surface area contributed by atoms with E-state index in [9.17, 15) is 0 Å². The number of likely N-dealkylation sites (N-methyl/N-ethyl adjacent to an activating group) is 1. The van der Waals surface area contributed by atoms with Crippen LogP contribution in [-0.4, -0.2) is 46.2 Å². The van der Waals surface area contributed by atoms with Crippen LogP contribution in [0.25, 0.3) is 5.65 Å². The molecule has 1 aliphatic rings. The molecule has 0 radical (unpaired) electrons. The van der Waals surface area contributed by atoms with E-state index >= 15 is 0 Å². The minimum Gasteiger partial charge on any atom is -0.493 e. The highest BCUT2D eigenvalue weighted by atomic mass is 16.5. The largest absolute Gasteiger partial charge is 0.493 e. The van der Waals surface area contributed by atoms with Crippen molar-refractivity contribution in [3.8, 4) is 5.75 Å². The Balaban J connectivity index is 1.94. The smallest absolute Gasteiger partial charge is 0.198 e. The van der Waals surface area contributed by atoms with E-state index in [-0.39, 0.29) is 0 Å². The summed E-state index contributed by atoms with van der Waals surface area (Å²) in [6, 6.07) is 3.85. The number of aromatic nitrogens is 3. The fourth-order valence-electron chi connectivity index (χ4n) is 2.56. The number of nitrogens with zero attached hydrogens (tertiary/aromatic N) is 4. The lowest BCUT2D eigenvalue weighted by Crippen LogP contribution is -2.19. The van der Waals surface area contributed by atoms with Crippen LogP contribution in [0.4, 0.5) is 0 Å². The van der Waals surface area contributed by atoms with E-state index in [1.807, 2.05) is 22.8 Å². The Bertz CT molecular complexity index is 551. The molecule has 5 heteroatoms. The van der Waals surface area contributed by atoms with Gasteiger partial charge < -0.3 is 9.64 Å². The van der Waals surface area contributed by atoms with Crippen molar-refractivity contribution in [2.75, 3.05) is 26.7 Å². The lowest BCUT2D eigenvalue weighted by molar-refractivity contribution is 0.352. The number of fused-ring (bicyclic) bond motifs is 1. The zero-order valence-corrected chi connectivity index (χ0v) is 10.8. The van der Waals surface area contributed by atoms with Gasteiger partial charge in [0.1, 0.15) is 0 Å². The van der Waals surface area contributed by atoms with Gasteiger partial charge in [0.2, 0.25) is 0 Å². The summed E-state index contributed by atoms with van der Waals surface area (Å²) in [7, 11) is 1.66. The molecular weight excluding hydrogens is 228 g/mol. The summed E-state index contributed by atoms with van der Waals surface area (Å²) in [5.74, 6) is 2.17. The maximum absolute atomic E-state index is 5.31. The summed E-state index contributed by atoms with van der Waals surface area (Å²) < 4.78 is 7.12. The third-order valence-electron chi connectivity index (χ3n) is 3.65. The number of rotatable bonds is 3. The van der Waals surface area contributed by atoms with Crippen molar-refractivity contribution in [3.05, 3.63) is 24.2 Å². The van der Waals surface area contributed by atoms with Crippen LogP contribution >= 0.6 is 0 Å². The number of likely N-dealkylation sites (tertiary alicyclic amines) is 1.